The van der Waals surface area contributed by atoms with Crippen LogP contribution >= 0.6 is 0 Å². The Morgan fingerprint density at radius 1 is 1.50 bits per heavy atom. The van der Waals surface area contributed by atoms with Gasteiger partial charge in [-0.05, 0) is 33.8 Å². The van der Waals surface area contributed by atoms with E-state index in [1.165, 1.54) is 5.06 Å². The first-order chi connectivity index (χ1) is 8.37. The van der Waals surface area contributed by atoms with Gasteiger partial charge in [0.15, 0.2) is 0 Å². The predicted octanol–water partition coefficient (Wildman–Crippen LogP) is 3.20. The average molecular weight is 253 g/mol. The van der Waals surface area contributed by atoms with Crippen LogP contribution in [0.2, 0.25) is 0 Å². The molecule has 5 heteroatoms. The van der Waals surface area contributed by atoms with Gasteiger partial charge in [0, 0.05) is 12.0 Å². The summed E-state index contributed by atoms with van der Waals surface area (Å²) in [6.07, 6.45) is 1.95. The molecule has 0 bridgehead atoms. The second-order valence-electron chi connectivity index (χ2n) is 5.43. The molecule has 2 rings (SSSR count). The van der Waals surface area contributed by atoms with Crippen LogP contribution in [0, 0.1) is 6.92 Å². The summed E-state index contributed by atoms with van der Waals surface area (Å²) in [7, 11) is 0. The summed E-state index contributed by atoms with van der Waals surface area (Å²) in [5.41, 5.74) is 0.413. The van der Waals surface area contributed by atoms with Crippen molar-refractivity contribution < 1.29 is 18.8 Å². The number of hydroxylamine groups is 2. The third-order valence-electron chi connectivity index (χ3n) is 2.61. The van der Waals surface area contributed by atoms with Gasteiger partial charge in [0.2, 0.25) is 0 Å². The lowest BCUT2D eigenvalue weighted by molar-refractivity contribution is -0.125. The molecule has 5 nitrogen and oxygen atoms in total. The third-order valence-corrected chi connectivity index (χ3v) is 2.61. The highest BCUT2D eigenvalue weighted by Crippen LogP contribution is 2.32. The summed E-state index contributed by atoms with van der Waals surface area (Å²) in [6, 6.07) is 1.79. The summed E-state index contributed by atoms with van der Waals surface area (Å²) >= 11 is 0. The smallest absolute Gasteiger partial charge is 0.435 e. The van der Waals surface area contributed by atoms with Gasteiger partial charge in [0.25, 0.3) is 0 Å². The largest absolute Gasteiger partial charge is 0.469 e. The van der Waals surface area contributed by atoms with Gasteiger partial charge in [-0.25, -0.2) is 4.79 Å². The molecule has 0 aromatic carbocycles. The lowest BCUT2D eigenvalue weighted by atomic mass is 10.1. The van der Waals surface area contributed by atoms with Gasteiger partial charge in [-0.3, -0.25) is 4.84 Å². The Bertz CT molecular complexity index is 432. The van der Waals surface area contributed by atoms with Crippen molar-refractivity contribution in [1.82, 2.24) is 5.06 Å². The molecule has 0 N–H and O–H groups in total. The van der Waals surface area contributed by atoms with Crippen LogP contribution in [-0.2, 0) is 9.57 Å². The van der Waals surface area contributed by atoms with Crippen molar-refractivity contribution in [2.24, 2.45) is 0 Å². The Labute approximate surface area is 107 Å². The number of nitrogens with zero attached hydrogens (tertiary/aromatic N) is 1. The van der Waals surface area contributed by atoms with Crippen LogP contribution in [0.5, 0.6) is 0 Å². The molecular weight excluding hydrogens is 234 g/mol. The number of furan rings is 1. The van der Waals surface area contributed by atoms with Gasteiger partial charge in [-0.2, -0.15) is 5.06 Å². The van der Waals surface area contributed by atoms with Crippen molar-refractivity contribution in [2.45, 2.75) is 45.8 Å². The van der Waals surface area contributed by atoms with Crippen molar-refractivity contribution in [1.29, 1.82) is 0 Å². The molecule has 0 spiro atoms. The Balaban J connectivity index is 2.10. The van der Waals surface area contributed by atoms with Gasteiger partial charge in [0.05, 0.1) is 18.9 Å². The Kier molecular flexibility index (Phi) is 3.34. The van der Waals surface area contributed by atoms with Crippen molar-refractivity contribution in [3.63, 3.8) is 0 Å². The molecule has 1 aromatic heterocycles. The highest BCUT2D eigenvalue weighted by atomic mass is 16.7. The first kappa shape index (κ1) is 13.0. The van der Waals surface area contributed by atoms with E-state index in [9.17, 15) is 4.79 Å². The van der Waals surface area contributed by atoms with Crippen molar-refractivity contribution in [2.75, 3.05) is 6.61 Å². The molecule has 18 heavy (non-hydrogen) atoms. The van der Waals surface area contributed by atoms with Gasteiger partial charge in [-0.15, -0.1) is 0 Å². The Hall–Kier alpha value is -1.49. The van der Waals surface area contributed by atoms with Gasteiger partial charge in [-0.1, -0.05) is 0 Å². The second-order valence-corrected chi connectivity index (χ2v) is 5.43. The number of carbonyl (C=O) groups excluding carboxylic acids is 1. The van der Waals surface area contributed by atoms with E-state index in [2.05, 4.69) is 0 Å². The van der Waals surface area contributed by atoms with E-state index in [1.54, 1.807) is 6.26 Å². The van der Waals surface area contributed by atoms with E-state index >= 15 is 0 Å². The summed E-state index contributed by atoms with van der Waals surface area (Å²) in [5, 5.41) is 1.30. The molecule has 0 aliphatic carbocycles. The summed E-state index contributed by atoms with van der Waals surface area (Å²) in [4.78, 5) is 17.4. The fraction of sp³-hybridized carbons (Fsp3) is 0.615. The fourth-order valence-corrected chi connectivity index (χ4v) is 1.90. The van der Waals surface area contributed by atoms with E-state index < -0.39 is 11.7 Å². The molecule has 0 radical (unpaired) electrons. The molecule has 1 atom stereocenters. The van der Waals surface area contributed by atoms with E-state index in [0.717, 1.165) is 17.7 Å². The molecule has 1 fully saturated rings. The maximum absolute atomic E-state index is 12.0. The van der Waals surface area contributed by atoms with Crippen LogP contribution in [0.4, 0.5) is 4.79 Å². The van der Waals surface area contributed by atoms with Crippen LogP contribution in [-0.4, -0.2) is 23.4 Å². The zero-order valence-electron chi connectivity index (χ0n) is 11.2. The number of carbonyl (C=O) groups is 1. The van der Waals surface area contributed by atoms with E-state index in [-0.39, 0.29) is 6.04 Å². The molecule has 100 valence electrons. The monoisotopic (exact) mass is 253 g/mol. The van der Waals surface area contributed by atoms with Gasteiger partial charge in [0.1, 0.15) is 11.4 Å². The number of rotatable bonds is 1. The topological polar surface area (TPSA) is 51.9 Å². The zero-order chi connectivity index (χ0) is 13.3. The van der Waals surface area contributed by atoms with E-state index in [0.29, 0.717) is 6.61 Å². The lowest BCUT2D eigenvalue weighted by Gasteiger charge is -2.26. The van der Waals surface area contributed by atoms with Gasteiger partial charge >= 0.3 is 6.09 Å². The minimum absolute atomic E-state index is 0.128. The zero-order valence-corrected chi connectivity index (χ0v) is 11.2. The van der Waals surface area contributed by atoms with Gasteiger partial charge < -0.3 is 9.15 Å². The SMILES string of the molecule is Cc1cc(C2CCON2C(=O)OC(C)(C)C)co1. The molecule has 0 saturated carbocycles. The number of ether oxygens (including phenoxy) is 1. The minimum Gasteiger partial charge on any atom is -0.469 e. The number of amides is 1. The molecule has 1 aliphatic rings. The first-order valence-electron chi connectivity index (χ1n) is 6.07. The highest BCUT2D eigenvalue weighted by Gasteiger charge is 2.35. The van der Waals surface area contributed by atoms with Crippen molar-refractivity contribution >= 4 is 6.09 Å². The number of hydrogen-bond acceptors (Lipinski definition) is 4. The molecule has 1 unspecified atom stereocenters. The van der Waals surface area contributed by atoms with Crippen LogP contribution in [0.1, 0.15) is 44.6 Å². The normalized spacial score (nSPS) is 20.2. The Morgan fingerprint density at radius 3 is 2.78 bits per heavy atom. The minimum atomic E-state index is -0.528. The first-order valence-corrected chi connectivity index (χ1v) is 6.07. The standard InChI is InChI=1S/C13H19NO4/c1-9-7-10(8-16-9)11-5-6-17-14(11)12(15)18-13(2,3)4/h7-8,11H,5-6H2,1-4H3. The summed E-state index contributed by atoms with van der Waals surface area (Å²) in [6.45, 7) is 7.87. The number of aryl methyl sites for hydroxylation is 1. The van der Waals surface area contributed by atoms with Crippen LogP contribution < -0.4 is 0 Å². The molecular formula is C13H19NO4. The maximum atomic E-state index is 12.0. The average Bonchev–Trinajstić information content (AvgIpc) is 2.81. The molecule has 1 saturated heterocycles. The van der Waals surface area contributed by atoms with Crippen LogP contribution in [0.15, 0.2) is 16.7 Å². The number of hydrogen-bond donors (Lipinski definition) is 0. The van der Waals surface area contributed by atoms with Crippen LogP contribution in [0.3, 0.4) is 0 Å². The maximum Gasteiger partial charge on any atom is 0.435 e. The second kappa shape index (κ2) is 4.65. The lowest BCUT2D eigenvalue weighted by Crippen LogP contribution is -2.35. The third kappa shape index (κ3) is 2.85. The quantitative estimate of drug-likeness (QED) is 0.771. The fourth-order valence-electron chi connectivity index (χ4n) is 1.90. The van der Waals surface area contributed by atoms with Crippen LogP contribution in [0.25, 0.3) is 0 Å². The summed E-state index contributed by atoms with van der Waals surface area (Å²) in [5.74, 6) is 0.820. The molecule has 1 aliphatic heterocycles. The summed E-state index contributed by atoms with van der Waals surface area (Å²) < 4.78 is 10.6. The molecule has 1 aromatic rings. The molecule has 2 heterocycles. The van der Waals surface area contributed by atoms with Crippen molar-refractivity contribution in [3.8, 4) is 0 Å². The highest BCUT2D eigenvalue weighted by molar-refractivity contribution is 5.67. The van der Waals surface area contributed by atoms with E-state index in [1.807, 2.05) is 33.8 Å². The predicted molar refractivity (Wildman–Crippen MR) is 64.8 cm³/mol. The molecule has 1 amide bonds. The van der Waals surface area contributed by atoms with Crippen molar-refractivity contribution in [3.05, 3.63) is 23.7 Å². The Morgan fingerprint density at radius 2 is 2.22 bits per heavy atom. The van der Waals surface area contributed by atoms with E-state index in [4.69, 9.17) is 14.0 Å².